The summed E-state index contributed by atoms with van der Waals surface area (Å²) in [7, 11) is 1.83. The summed E-state index contributed by atoms with van der Waals surface area (Å²) < 4.78 is 10.4. The zero-order valence-electron chi connectivity index (χ0n) is 8.54. The van der Waals surface area contributed by atoms with Crippen LogP contribution in [0, 0.1) is 0 Å². The van der Waals surface area contributed by atoms with Gasteiger partial charge in [0.2, 0.25) is 5.89 Å². The lowest BCUT2D eigenvalue weighted by atomic mass is 10.6. The molecule has 0 atom stereocenters. The van der Waals surface area contributed by atoms with Crippen LogP contribution >= 0.6 is 0 Å². The highest BCUT2D eigenvalue weighted by Crippen LogP contribution is 2.03. The molecular weight excluding hydrogens is 184 g/mol. The first-order chi connectivity index (χ1) is 6.86. The predicted molar refractivity (Wildman–Crippen MR) is 52.0 cm³/mol. The Hall–Kier alpha value is -1.14. The lowest BCUT2D eigenvalue weighted by Gasteiger charge is -2.00. The average molecular weight is 200 g/mol. The van der Waals surface area contributed by atoms with Crippen molar-refractivity contribution < 1.29 is 9.15 Å². The van der Waals surface area contributed by atoms with E-state index in [1.165, 1.54) is 0 Å². The zero-order chi connectivity index (χ0) is 10.2. The summed E-state index contributed by atoms with van der Waals surface area (Å²) in [5.74, 6) is 0.575. The van der Waals surface area contributed by atoms with Crippen LogP contribution in [-0.4, -0.2) is 37.0 Å². The molecule has 0 aliphatic carbocycles. The summed E-state index contributed by atoms with van der Waals surface area (Å²) in [6.45, 7) is 4.57. The SMILES string of the molecule is CCOCCNc1nnc(CNC)o1. The van der Waals surface area contributed by atoms with Crippen molar-refractivity contribution >= 4 is 6.01 Å². The topological polar surface area (TPSA) is 72.2 Å². The Labute approximate surface area is 83.0 Å². The van der Waals surface area contributed by atoms with Crippen molar-refractivity contribution in [1.82, 2.24) is 15.5 Å². The highest BCUT2D eigenvalue weighted by atomic mass is 16.5. The minimum Gasteiger partial charge on any atom is -0.407 e. The molecule has 6 heteroatoms. The first-order valence-corrected chi connectivity index (χ1v) is 4.65. The Bertz CT molecular complexity index is 251. The van der Waals surface area contributed by atoms with E-state index in [0.29, 0.717) is 31.6 Å². The Morgan fingerprint density at radius 1 is 1.43 bits per heavy atom. The summed E-state index contributed by atoms with van der Waals surface area (Å²) >= 11 is 0. The van der Waals surface area contributed by atoms with Crippen molar-refractivity contribution in [2.24, 2.45) is 0 Å². The molecule has 0 fully saturated rings. The van der Waals surface area contributed by atoms with Crippen LogP contribution in [0.2, 0.25) is 0 Å². The van der Waals surface area contributed by atoms with Crippen LogP contribution < -0.4 is 10.6 Å². The summed E-state index contributed by atoms with van der Waals surface area (Å²) in [6.07, 6.45) is 0. The molecule has 0 radical (unpaired) electrons. The van der Waals surface area contributed by atoms with E-state index in [1.54, 1.807) is 0 Å². The number of ether oxygens (including phenoxy) is 1. The lowest BCUT2D eigenvalue weighted by molar-refractivity contribution is 0.157. The molecule has 1 heterocycles. The van der Waals surface area contributed by atoms with Crippen LogP contribution in [0.3, 0.4) is 0 Å². The number of aromatic nitrogens is 2. The minimum absolute atomic E-state index is 0.440. The number of anilines is 1. The second-order valence-corrected chi connectivity index (χ2v) is 2.65. The monoisotopic (exact) mass is 200 g/mol. The number of nitrogens with zero attached hydrogens (tertiary/aromatic N) is 2. The predicted octanol–water partition coefficient (Wildman–Crippen LogP) is 0.237. The third-order valence-corrected chi connectivity index (χ3v) is 1.52. The van der Waals surface area contributed by atoms with Gasteiger partial charge in [0.15, 0.2) is 0 Å². The third-order valence-electron chi connectivity index (χ3n) is 1.52. The second kappa shape index (κ2) is 6.33. The average Bonchev–Trinajstić information content (AvgIpc) is 2.61. The van der Waals surface area contributed by atoms with Gasteiger partial charge >= 0.3 is 6.01 Å². The molecule has 0 bridgehead atoms. The molecule has 6 nitrogen and oxygen atoms in total. The van der Waals surface area contributed by atoms with Crippen molar-refractivity contribution in [1.29, 1.82) is 0 Å². The quantitative estimate of drug-likeness (QED) is 0.614. The van der Waals surface area contributed by atoms with Gasteiger partial charge in [0, 0.05) is 13.2 Å². The maximum atomic E-state index is 5.25. The summed E-state index contributed by atoms with van der Waals surface area (Å²) in [4.78, 5) is 0. The zero-order valence-corrected chi connectivity index (χ0v) is 8.54. The van der Waals surface area contributed by atoms with Gasteiger partial charge in [-0.2, -0.15) is 0 Å². The van der Waals surface area contributed by atoms with Crippen molar-refractivity contribution in [3.8, 4) is 0 Å². The molecule has 0 saturated heterocycles. The van der Waals surface area contributed by atoms with Gasteiger partial charge in [-0.15, -0.1) is 5.10 Å². The largest absolute Gasteiger partial charge is 0.407 e. The standard InChI is InChI=1S/C8H16N4O2/c1-3-13-5-4-10-8-12-11-7(14-8)6-9-2/h9H,3-6H2,1-2H3,(H,10,12). The van der Waals surface area contributed by atoms with Crippen LogP contribution in [0.4, 0.5) is 6.01 Å². The molecule has 14 heavy (non-hydrogen) atoms. The Morgan fingerprint density at radius 3 is 3.00 bits per heavy atom. The molecule has 1 rings (SSSR count). The Morgan fingerprint density at radius 2 is 2.29 bits per heavy atom. The Balaban J connectivity index is 2.22. The van der Waals surface area contributed by atoms with E-state index in [4.69, 9.17) is 9.15 Å². The third kappa shape index (κ3) is 3.71. The molecule has 0 unspecified atom stereocenters. The molecule has 0 aliphatic heterocycles. The fraction of sp³-hybridized carbons (Fsp3) is 0.750. The molecular formula is C8H16N4O2. The number of nitrogens with one attached hydrogen (secondary N) is 2. The van der Waals surface area contributed by atoms with E-state index < -0.39 is 0 Å². The van der Waals surface area contributed by atoms with Gasteiger partial charge in [-0.3, -0.25) is 0 Å². The van der Waals surface area contributed by atoms with Crippen molar-refractivity contribution in [3.05, 3.63) is 5.89 Å². The molecule has 0 aromatic carbocycles. The van der Waals surface area contributed by atoms with E-state index in [1.807, 2.05) is 14.0 Å². The van der Waals surface area contributed by atoms with Gasteiger partial charge in [-0.25, -0.2) is 0 Å². The smallest absolute Gasteiger partial charge is 0.315 e. The molecule has 80 valence electrons. The highest BCUT2D eigenvalue weighted by Gasteiger charge is 2.02. The second-order valence-electron chi connectivity index (χ2n) is 2.65. The van der Waals surface area contributed by atoms with E-state index in [9.17, 15) is 0 Å². The van der Waals surface area contributed by atoms with Crippen LogP contribution in [0.1, 0.15) is 12.8 Å². The van der Waals surface area contributed by atoms with Crippen LogP contribution in [0.25, 0.3) is 0 Å². The van der Waals surface area contributed by atoms with E-state index in [-0.39, 0.29) is 0 Å². The first kappa shape index (κ1) is 10.9. The number of rotatable bonds is 7. The Kier molecular flexibility index (Phi) is 4.95. The van der Waals surface area contributed by atoms with E-state index >= 15 is 0 Å². The molecule has 0 amide bonds. The number of hydrogen-bond acceptors (Lipinski definition) is 6. The summed E-state index contributed by atoms with van der Waals surface area (Å²) in [5.41, 5.74) is 0. The van der Waals surface area contributed by atoms with Crippen LogP contribution in [-0.2, 0) is 11.3 Å². The van der Waals surface area contributed by atoms with Gasteiger partial charge in [-0.1, -0.05) is 5.10 Å². The highest BCUT2D eigenvalue weighted by molar-refractivity contribution is 5.16. The molecule has 0 spiro atoms. The molecule has 0 saturated carbocycles. The van der Waals surface area contributed by atoms with Gasteiger partial charge in [0.05, 0.1) is 13.2 Å². The molecule has 1 aromatic rings. The molecule has 2 N–H and O–H groups in total. The maximum Gasteiger partial charge on any atom is 0.315 e. The van der Waals surface area contributed by atoms with E-state index in [0.717, 1.165) is 6.61 Å². The van der Waals surface area contributed by atoms with Crippen LogP contribution in [0.5, 0.6) is 0 Å². The van der Waals surface area contributed by atoms with Crippen LogP contribution in [0.15, 0.2) is 4.42 Å². The van der Waals surface area contributed by atoms with Gasteiger partial charge in [0.1, 0.15) is 0 Å². The van der Waals surface area contributed by atoms with Gasteiger partial charge < -0.3 is 19.8 Å². The fourth-order valence-electron chi connectivity index (χ4n) is 0.922. The minimum atomic E-state index is 0.440. The van der Waals surface area contributed by atoms with Crippen molar-refractivity contribution in [3.63, 3.8) is 0 Å². The first-order valence-electron chi connectivity index (χ1n) is 4.65. The summed E-state index contributed by atoms with van der Waals surface area (Å²) in [6, 6.07) is 0.440. The van der Waals surface area contributed by atoms with E-state index in [2.05, 4.69) is 20.8 Å². The van der Waals surface area contributed by atoms with Gasteiger partial charge in [-0.05, 0) is 14.0 Å². The number of hydrogen-bond donors (Lipinski definition) is 2. The maximum absolute atomic E-state index is 5.25. The normalized spacial score (nSPS) is 10.4. The molecule has 1 aromatic heterocycles. The van der Waals surface area contributed by atoms with Gasteiger partial charge in [0.25, 0.3) is 0 Å². The lowest BCUT2D eigenvalue weighted by Crippen LogP contribution is -2.09. The fourth-order valence-corrected chi connectivity index (χ4v) is 0.922. The van der Waals surface area contributed by atoms with Crippen molar-refractivity contribution in [2.75, 3.05) is 32.1 Å². The van der Waals surface area contributed by atoms with Crippen molar-refractivity contribution in [2.45, 2.75) is 13.5 Å². The molecule has 0 aliphatic rings. The summed E-state index contributed by atoms with van der Waals surface area (Å²) in [5, 5.41) is 13.5.